The lowest BCUT2D eigenvalue weighted by molar-refractivity contribution is -0.210. The summed E-state index contributed by atoms with van der Waals surface area (Å²) in [5.41, 5.74) is -0.120. The first-order chi connectivity index (χ1) is 11.0. The van der Waals surface area contributed by atoms with Gasteiger partial charge < -0.3 is 19.2 Å². The molecule has 1 aliphatic carbocycles. The van der Waals surface area contributed by atoms with E-state index in [0.717, 1.165) is 43.9 Å². The maximum Gasteiger partial charge on any atom is 0.223 e. The Balaban J connectivity index is 1.49. The third-order valence-corrected chi connectivity index (χ3v) is 5.54. The molecule has 1 aliphatic heterocycles. The lowest BCUT2D eigenvalue weighted by Gasteiger charge is -2.56. The number of rotatable bonds is 5. The molecular formula is C18H27NO4. The van der Waals surface area contributed by atoms with E-state index in [1.165, 1.54) is 0 Å². The van der Waals surface area contributed by atoms with E-state index in [0.29, 0.717) is 19.4 Å². The molecule has 3 rings (SSSR count). The highest BCUT2D eigenvalue weighted by Gasteiger charge is 2.56. The number of ether oxygens (including phenoxy) is 1. The summed E-state index contributed by atoms with van der Waals surface area (Å²) < 4.78 is 11.3. The van der Waals surface area contributed by atoms with Gasteiger partial charge in [-0.2, -0.15) is 0 Å². The maximum absolute atomic E-state index is 12.4. The zero-order valence-electron chi connectivity index (χ0n) is 14.1. The second-order valence-corrected chi connectivity index (χ2v) is 6.82. The Morgan fingerprint density at radius 2 is 2.17 bits per heavy atom. The van der Waals surface area contributed by atoms with E-state index >= 15 is 0 Å². The molecular weight excluding hydrogens is 294 g/mol. The molecule has 1 N–H and O–H groups in total. The summed E-state index contributed by atoms with van der Waals surface area (Å²) in [5.74, 6) is 1.93. The molecule has 128 valence electrons. The van der Waals surface area contributed by atoms with E-state index in [1.807, 2.05) is 30.9 Å². The number of furan rings is 1. The van der Waals surface area contributed by atoms with Gasteiger partial charge in [0, 0.05) is 44.4 Å². The fourth-order valence-corrected chi connectivity index (χ4v) is 4.00. The number of amides is 1. The van der Waals surface area contributed by atoms with Crippen molar-refractivity contribution in [1.29, 1.82) is 0 Å². The van der Waals surface area contributed by atoms with Crippen LogP contribution in [0.5, 0.6) is 0 Å². The van der Waals surface area contributed by atoms with Crippen LogP contribution in [-0.2, 0) is 16.0 Å². The third-order valence-electron chi connectivity index (χ3n) is 5.54. The molecule has 0 aromatic carbocycles. The van der Waals surface area contributed by atoms with Gasteiger partial charge in [-0.1, -0.05) is 0 Å². The second kappa shape index (κ2) is 6.65. The van der Waals surface area contributed by atoms with Crippen molar-refractivity contribution < 1.29 is 19.1 Å². The van der Waals surface area contributed by atoms with Crippen LogP contribution in [-0.4, -0.2) is 47.8 Å². The second-order valence-electron chi connectivity index (χ2n) is 6.82. The van der Waals surface area contributed by atoms with Crippen LogP contribution in [0.1, 0.15) is 44.1 Å². The molecule has 2 heterocycles. The minimum Gasteiger partial charge on any atom is -0.466 e. The van der Waals surface area contributed by atoms with Gasteiger partial charge in [-0.25, -0.2) is 0 Å². The standard InChI is InChI=1S/C18H27NO4/c1-3-22-16-12-15(20)18(16)8-10-19(11-9-18)17(21)7-6-14-5-4-13(2)23-14/h4-5,15-16,20H,3,6-12H2,1-2H3. The number of nitrogens with zero attached hydrogens (tertiary/aromatic N) is 1. The van der Waals surface area contributed by atoms with E-state index in [4.69, 9.17) is 9.15 Å². The van der Waals surface area contributed by atoms with Gasteiger partial charge in [0.2, 0.25) is 5.91 Å². The molecule has 1 aromatic rings. The van der Waals surface area contributed by atoms with Gasteiger partial charge in [0.05, 0.1) is 12.2 Å². The molecule has 1 saturated heterocycles. The predicted molar refractivity (Wildman–Crippen MR) is 86.1 cm³/mol. The molecule has 2 fully saturated rings. The van der Waals surface area contributed by atoms with Crippen LogP contribution in [0.25, 0.3) is 0 Å². The molecule has 1 saturated carbocycles. The molecule has 1 aromatic heterocycles. The highest BCUT2D eigenvalue weighted by Crippen LogP contribution is 2.50. The molecule has 2 unspecified atom stereocenters. The van der Waals surface area contributed by atoms with Gasteiger partial charge in [-0.3, -0.25) is 4.79 Å². The van der Waals surface area contributed by atoms with Gasteiger partial charge in [0.25, 0.3) is 0 Å². The molecule has 1 amide bonds. The average molecular weight is 321 g/mol. The lowest BCUT2D eigenvalue weighted by atomic mass is 9.58. The molecule has 0 radical (unpaired) electrons. The SMILES string of the molecule is CCOC1CC(O)C12CCN(C(=O)CCc1ccc(C)o1)CC2. The zero-order valence-corrected chi connectivity index (χ0v) is 14.1. The fourth-order valence-electron chi connectivity index (χ4n) is 4.00. The first-order valence-corrected chi connectivity index (χ1v) is 8.68. The van der Waals surface area contributed by atoms with E-state index in [-0.39, 0.29) is 23.5 Å². The van der Waals surface area contributed by atoms with Crippen molar-refractivity contribution in [3.63, 3.8) is 0 Å². The zero-order chi connectivity index (χ0) is 16.4. The monoisotopic (exact) mass is 321 g/mol. The van der Waals surface area contributed by atoms with Crippen molar-refractivity contribution >= 4 is 5.91 Å². The Morgan fingerprint density at radius 3 is 2.74 bits per heavy atom. The minimum absolute atomic E-state index is 0.120. The van der Waals surface area contributed by atoms with Gasteiger partial charge >= 0.3 is 0 Å². The number of hydrogen-bond acceptors (Lipinski definition) is 4. The van der Waals surface area contributed by atoms with Crippen molar-refractivity contribution in [2.45, 2.75) is 58.2 Å². The predicted octanol–water partition coefficient (Wildman–Crippen LogP) is 2.30. The molecule has 23 heavy (non-hydrogen) atoms. The summed E-state index contributed by atoms with van der Waals surface area (Å²) in [4.78, 5) is 14.3. The molecule has 2 aliphatic rings. The molecule has 0 bridgehead atoms. The molecule has 2 atom stereocenters. The summed E-state index contributed by atoms with van der Waals surface area (Å²) in [5, 5.41) is 10.2. The number of aliphatic hydroxyl groups excluding tert-OH is 1. The number of aliphatic hydroxyl groups is 1. The number of hydrogen-bond donors (Lipinski definition) is 1. The van der Waals surface area contributed by atoms with Crippen molar-refractivity contribution in [2.24, 2.45) is 5.41 Å². The van der Waals surface area contributed by atoms with Crippen LogP contribution in [0.4, 0.5) is 0 Å². The highest BCUT2D eigenvalue weighted by molar-refractivity contribution is 5.76. The van der Waals surface area contributed by atoms with Crippen molar-refractivity contribution in [3.8, 4) is 0 Å². The fraction of sp³-hybridized carbons (Fsp3) is 0.722. The van der Waals surface area contributed by atoms with E-state index in [2.05, 4.69) is 0 Å². The van der Waals surface area contributed by atoms with Crippen LogP contribution < -0.4 is 0 Å². The number of aryl methyl sites for hydroxylation is 2. The Kier molecular flexibility index (Phi) is 4.78. The van der Waals surface area contributed by atoms with Crippen LogP contribution >= 0.6 is 0 Å². The van der Waals surface area contributed by atoms with E-state index in [9.17, 15) is 9.90 Å². The van der Waals surface area contributed by atoms with Crippen LogP contribution in [0.2, 0.25) is 0 Å². The quantitative estimate of drug-likeness (QED) is 0.904. The average Bonchev–Trinajstić information content (AvgIpc) is 2.98. The highest BCUT2D eigenvalue weighted by atomic mass is 16.5. The van der Waals surface area contributed by atoms with Crippen molar-refractivity contribution in [2.75, 3.05) is 19.7 Å². The minimum atomic E-state index is -0.276. The largest absolute Gasteiger partial charge is 0.466 e. The van der Waals surface area contributed by atoms with Gasteiger partial charge in [0.15, 0.2) is 0 Å². The van der Waals surface area contributed by atoms with Crippen LogP contribution in [0.3, 0.4) is 0 Å². The Morgan fingerprint density at radius 1 is 1.43 bits per heavy atom. The van der Waals surface area contributed by atoms with Crippen LogP contribution in [0, 0.1) is 12.3 Å². The molecule has 1 spiro atoms. The van der Waals surface area contributed by atoms with Crippen molar-refractivity contribution in [1.82, 2.24) is 4.90 Å². The molecule has 5 nitrogen and oxygen atoms in total. The van der Waals surface area contributed by atoms with Gasteiger partial charge in [-0.05, 0) is 38.8 Å². The maximum atomic E-state index is 12.4. The lowest BCUT2D eigenvalue weighted by Crippen LogP contribution is -2.62. The number of carbonyl (C=O) groups is 1. The van der Waals surface area contributed by atoms with Gasteiger partial charge in [-0.15, -0.1) is 0 Å². The van der Waals surface area contributed by atoms with E-state index in [1.54, 1.807) is 0 Å². The first-order valence-electron chi connectivity index (χ1n) is 8.68. The number of piperidine rings is 1. The summed E-state index contributed by atoms with van der Waals surface area (Å²) in [7, 11) is 0. The Labute approximate surface area is 137 Å². The summed E-state index contributed by atoms with van der Waals surface area (Å²) >= 11 is 0. The van der Waals surface area contributed by atoms with Crippen LogP contribution in [0.15, 0.2) is 16.5 Å². The Bertz CT molecular complexity index is 543. The number of carbonyl (C=O) groups excluding carboxylic acids is 1. The summed E-state index contributed by atoms with van der Waals surface area (Å²) in [6, 6.07) is 3.86. The van der Waals surface area contributed by atoms with Gasteiger partial charge in [0.1, 0.15) is 11.5 Å². The number of likely N-dealkylation sites (tertiary alicyclic amines) is 1. The third kappa shape index (κ3) is 3.17. The van der Waals surface area contributed by atoms with Crippen molar-refractivity contribution in [3.05, 3.63) is 23.7 Å². The smallest absolute Gasteiger partial charge is 0.223 e. The first kappa shape index (κ1) is 16.5. The summed E-state index contributed by atoms with van der Waals surface area (Å²) in [6.07, 6.45) is 3.43. The molecule has 5 heteroatoms. The topological polar surface area (TPSA) is 62.9 Å². The van der Waals surface area contributed by atoms with E-state index < -0.39 is 0 Å². The Hall–Kier alpha value is -1.33. The summed E-state index contributed by atoms with van der Waals surface area (Å²) in [6.45, 7) is 6.03. The normalized spacial score (nSPS) is 26.3.